The molecule has 0 unspecified atom stereocenters. The van der Waals surface area contributed by atoms with Gasteiger partial charge in [0.2, 0.25) is 5.91 Å². The van der Waals surface area contributed by atoms with Crippen LogP contribution >= 0.6 is 0 Å². The van der Waals surface area contributed by atoms with E-state index in [-0.39, 0.29) is 17.2 Å². The van der Waals surface area contributed by atoms with Gasteiger partial charge in [-0.3, -0.25) is 14.6 Å². The van der Waals surface area contributed by atoms with Crippen molar-refractivity contribution in [3.8, 4) is 5.75 Å². The molecule has 0 aliphatic carbocycles. The Morgan fingerprint density at radius 1 is 1.27 bits per heavy atom. The molecule has 0 spiro atoms. The van der Waals surface area contributed by atoms with E-state index in [1.807, 2.05) is 0 Å². The van der Waals surface area contributed by atoms with Crippen LogP contribution in [-0.4, -0.2) is 34.9 Å². The van der Waals surface area contributed by atoms with Crippen LogP contribution in [0.3, 0.4) is 0 Å². The lowest BCUT2D eigenvalue weighted by Gasteiger charge is -2.17. The van der Waals surface area contributed by atoms with Crippen LogP contribution in [-0.2, 0) is 4.79 Å². The summed E-state index contributed by atoms with van der Waals surface area (Å²) < 4.78 is 19.3. The van der Waals surface area contributed by atoms with Gasteiger partial charge < -0.3 is 26.8 Å². The van der Waals surface area contributed by atoms with Crippen LogP contribution in [0.4, 0.5) is 21.7 Å². The first-order valence-electron chi connectivity index (χ1n) is 7.68. The Morgan fingerprint density at radius 2 is 2.00 bits per heavy atom. The van der Waals surface area contributed by atoms with E-state index in [0.717, 1.165) is 6.07 Å². The number of hydrogen-bond acceptors (Lipinski definition) is 7. The Morgan fingerprint density at radius 3 is 2.58 bits per heavy atom. The molecule has 2 amide bonds. The second-order valence-corrected chi connectivity index (χ2v) is 5.33. The highest BCUT2D eigenvalue weighted by atomic mass is 19.1. The smallest absolute Gasteiger partial charge is 0.252 e. The van der Waals surface area contributed by atoms with Gasteiger partial charge in [0.25, 0.3) is 5.91 Å². The van der Waals surface area contributed by atoms with Crippen LogP contribution in [0.1, 0.15) is 23.7 Å². The number of carbonyl (C=O) groups excluding carboxylic acids is 2. The Labute approximate surface area is 148 Å². The van der Waals surface area contributed by atoms with Crippen molar-refractivity contribution in [3.63, 3.8) is 0 Å². The van der Waals surface area contributed by atoms with Gasteiger partial charge >= 0.3 is 0 Å². The van der Waals surface area contributed by atoms with E-state index < -0.39 is 23.7 Å². The predicted molar refractivity (Wildman–Crippen MR) is 93.7 cm³/mol. The van der Waals surface area contributed by atoms with Crippen molar-refractivity contribution >= 4 is 29.1 Å². The average molecular weight is 362 g/mol. The second kappa shape index (κ2) is 8.10. The van der Waals surface area contributed by atoms with Crippen molar-refractivity contribution in [3.05, 3.63) is 35.9 Å². The van der Waals surface area contributed by atoms with Crippen molar-refractivity contribution in [2.45, 2.75) is 19.4 Å². The first-order valence-corrected chi connectivity index (χ1v) is 7.68. The quantitative estimate of drug-likeness (QED) is 0.551. The molecule has 2 heterocycles. The summed E-state index contributed by atoms with van der Waals surface area (Å²) in [5, 5.41) is 5.46. The normalized spacial score (nSPS) is 11.5. The minimum atomic E-state index is -0.872. The van der Waals surface area contributed by atoms with Gasteiger partial charge in [-0.2, -0.15) is 0 Å². The lowest BCUT2D eigenvalue weighted by atomic mass is 10.2. The number of rotatable bonds is 8. The standard InChI is InChI=1S/C16H19FN6O3/c1-3-12(14(19)25)22-16-11(17)5-10(13(18)24)15(23-16)21-8-4-9(26-2)7-20-6-8/h4-7,12H,3H2,1-2H3,(H2,18,24)(H2,19,25)(H2,21,22,23)/t12-/m1/s1. The van der Waals surface area contributed by atoms with Gasteiger partial charge in [0.15, 0.2) is 11.6 Å². The van der Waals surface area contributed by atoms with Crippen LogP contribution in [0.5, 0.6) is 5.75 Å². The molecule has 0 radical (unpaired) electrons. The van der Waals surface area contributed by atoms with E-state index >= 15 is 0 Å². The van der Waals surface area contributed by atoms with E-state index in [4.69, 9.17) is 16.2 Å². The summed E-state index contributed by atoms with van der Waals surface area (Å²) in [6.07, 6.45) is 3.28. The van der Waals surface area contributed by atoms with E-state index in [2.05, 4.69) is 20.6 Å². The maximum absolute atomic E-state index is 14.3. The molecule has 6 N–H and O–H groups in total. The first-order chi connectivity index (χ1) is 12.3. The summed E-state index contributed by atoms with van der Waals surface area (Å²) in [4.78, 5) is 31.0. The highest BCUT2D eigenvalue weighted by Gasteiger charge is 2.20. The molecule has 2 rings (SSSR count). The molecule has 9 nitrogen and oxygen atoms in total. The topological polar surface area (TPSA) is 145 Å². The number of methoxy groups -OCH3 is 1. The molecule has 0 saturated heterocycles. The summed E-state index contributed by atoms with van der Waals surface area (Å²) in [6.45, 7) is 1.71. The van der Waals surface area contributed by atoms with Gasteiger partial charge in [-0.05, 0) is 12.5 Å². The molecule has 0 aliphatic heterocycles. The highest BCUT2D eigenvalue weighted by molar-refractivity contribution is 5.98. The Bertz CT molecular complexity index is 830. The number of hydrogen-bond donors (Lipinski definition) is 4. The van der Waals surface area contributed by atoms with Crippen molar-refractivity contribution in [1.82, 2.24) is 9.97 Å². The Kier molecular flexibility index (Phi) is 5.89. The SMILES string of the molecule is CC[C@@H](Nc1nc(Nc2cncc(OC)c2)c(C(N)=O)cc1F)C(N)=O. The largest absolute Gasteiger partial charge is 0.495 e. The van der Waals surface area contributed by atoms with Crippen LogP contribution in [0.2, 0.25) is 0 Å². The fourth-order valence-electron chi connectivity index (χ4n) is 2.15. The molecule has 1 atom stereocenters. The Hall–Kier alpha value is -3.43. The molecular formula is C16H19FN6O3. The molecule has 0 aliphatic rings. The van der Waals surface area contributed by atoms with E-state index in [1.165, 1.54) is 19.5 Å². The van der Waals surface area contributed by atoms with Gasteiger partial charge in [-0.15, -0.1) is 0 Å². The van der Waals surface area contributed by atoms with Gasteiger partial charge in [0, 0.05) is 6.07 Å². The maximum Gasteiger partial charge on any atom is 0.252 e. The minimum Gasteiger partial charge on any atom is -0.495 e. The summed E-state index contributed by atoms with van der Waals surface area (Å²) >= 11 is 0. The number of nitrogens with one attached hydrogen (secondary N) is 2. The fourth-order valence-corrected chi connectivity index (χ4v) is 2.15. The number of nitrogens with two attached hydrogens (primary N) is 2. The summed E-state index contributed by atoms with van der Waals surface area (Å²) in [5.74, 6) is -2.14. The molecule has 0 fully saturated rings. The molecule has 0 bridgehead atoms. The van der Waals surface area contributed by atoms with Crippen LogP contribution < -0.4 is 26.8 Å². The number of amides is 2. The third kappa shape index (κ3) is 4.35. The zero-order valence-corrected chi connectivity index (χ0v) is 14.2. The van der Waals surface area contributed by atoms with E-state index in [0.29, 0.717) is 17.9 Å². The third-order valence-corrected chi connectivity index (χ3v) is 3.52. The lowest BCUT2D eigenvalue weighted by Crippen LogP contribution is -2.35. The van der Waals surface area contributed by atoms with Crippen LogP contribution in [0.15, 0.2) is 24.5 Å². The monoisotopic (exact) mass is 362 g/mol. The van der Waals surface area contributed by atoms with Crippen molar-refractivity contribution in [2.24, 2.45) is 11.5 Å². The van der Waals surface area contributed by atoms with Crippen molar-refractivity contribution in [2.75, 3.05) is 17.7 Å². The number of primary amides is 2. The molecule has 0 saturated carbocycles. The number of pyridine rings is 2. The zero-order chi connectivity index (χ0) is 19.3. The fraction of sp³-hybridized carbons (Fsp3) is 0.250. The summed E-state index contributed by atoms with van der Waals surface area (Å²) in [7, 11) is 1.47. The number of halogens is 1. The number of anilines is 3. The van der Waals surface area contributed by atoms with E-state index in [1.54, 1.807) is 13.0 Å². The molecule has 10 heteroatoms. The lowest BCUT2D eigenvalue weighted by molar-refractivity contribution is -0.118. The zero-order valence-electron chi connectivity index (χ0n) is 14.2. The van der Waals surface area contributed by atoms with Crippen molar-refractivity contribution < 1.29 is 18.7 Å². The minimum absolute atomic E-state index is 0.00391. The van der Waals surface area contributed by atoms with Crippen LogP contribution in [0, 0.1) is 5.82 Å². The average Bonchev–Trinajstić information content (AvgIpc) is 2.61. The maximum atomic E-state index is 14.3. The first kappa shape index (κ1) is 18.9. The molecule has 138 valence electrons. The molecular weight excluding hydrogens is 343 g/mol. The molecule has 0 aromatic carbocycles. The molecule has 2 aromatic heterocycles. The second-order valence-electron chi connectivity index (χ2n) is 5.33. The van der Waals surface area contributed by atoms with E-state index in [9.17, 15) is 14.0 Å². The number of nitrogens with zero attached hydrogens (tertiary/aromatic N) is 2. The Balaban J connectivity index is 2.43. The van der Waals surface area contributed by atoms with Gasteiger partial charge in [0.05, 0.1) is 30.8 Å². The molecule has 2 aromatic rings. The number of aromatic nitrogens is 2. The summed E-state index contributed by atoms with van der Waals surface area (Å²) in [5.41, 5.74) is 10.8. The van der Waals surface area contributed by atoms with Crippen LogP contribution in [0.25, 0.3) is 0 Å². The predicted octanol–water partition coefficient (Wildman–Crippen LogP) is 1.14. The highest BCUT2D eigenvalue weighted by Crippen LogP contribution is 2.25. The van der Waals surface area contributed by atoms with Gasteiger partial charge in [0.1, 0.15) is 17.6 Å². The van der Waals surface area contributed by atoms with Gasteiger partial charge in [-0.1, -0.05) is 6.92 Å². The van der Waals surface area contributed by atoms with Crippen molar-refractivity contribution in [1.29, 1.82) is 0 Å². The van der Waals surface area contributed by atoms with Gasteiger partial charge in [-0.25, -0.2) is 9.37 Å². The molecule has 26 heavy (non-hydrogen) atoms. The third-order valence-electron chi connectivity index (χ3n) is 3.52. The number of ether oxygens (including phenoxy) is 1. The summed E-state index contributed by atoms with van der Waals surface area (Å²) in [6, 6.07) is 1.72. The number of carbonyl (C=O) groups is 2.